The van der Waals surface area contributed by atoms with Gasteiger partial charge in [-0.05, 0) is 43.6 Å². The number of aryl methyl sites for hydroxylation is 1. The quantitative estimate of drug-likeness (QED) is 0.901. The molecule has 3 rings (SSSR count). The van der Waals surface area contributed by atoms with Crippen LogP contribution in [0, 0.1) is 18.8 Å². The van der Waals surface area contributed by atoms with E-state index in [1.165, 1.54) is 24.0 Å². The summed E-state index contributed by atoms with van der Waals surface area (Å²) in [6.07, 6.45) is 3.53. The molecule has 1 N–H and O–H groups in total. The highest BCUT2D eigenvalue weighted by molar-refractivity contribution is 5.84. The van der Waals surface area contributed by atoms with Gasteiger partial charge < -0.3 is 4.90 Å². The van der Waals surface area contributed by atoms with E-state index >= 15 is 0 Å². The molecule has 21 heavy (non-hydrogen) atoms. The number of carbonyl (C=O) groups is 1. The number of benzene rings is 1. The van der Waals surface area contributed by atoms with Crippen LogP contribution in [-0.2, 0) is 4.79 Å². The Morgan fingerprint density at radius 1 is 1.24 bits per heavy atom. The predicted molar refractivity (Wildman–Crippen MR) is 84.7 cm³/mol. The van der Waals surface area contributed by atoms with Crippen LogP contribution >= 0.6 is 0 Å². The smallest absolute Gasteiger partial charge is 0.241 e. The van der Waals surface area contributed by atoms with E-state index in [0.29, 0.717) is 11.8 Å². The van der Waals surface area contributed by atoms with Gasteiger partial charge in [0.1, 0.15) is 6.17 Å². The lowest BCUT2D eigenvalue weighted by Gasteiger charge is -2.24. The molecule has 2 aliphatic rings. The van der Waals surface area contributed by atoms with E-state index in [9.17, 15) is 4.79 Å². The molecule has 0 radical (unpaired) electrons. The summed E-state index contributed by atoms with van der Waals surface area (Å²) < 4.78 is 0. The molecule has 2 unspecified atom stereocenters. The molecule has 0 bridgehead atoms. The molecule has 1 saturated carbocycles. The lowest BCUT2D eigenvalue weighted by atomic mass is 10.0. The summed E-state index contributed by atoms with van der Waals surface area (Å²) in [7, 11) is 0. The third-order valence-corrected chi connectivity index (χ3v) is 4.50. The molecule has 1 heterocycles. The topological polar surface area (TPSA) is 32.3 Å². The van der Waals surface area contributed by atoms with Gasteiger partial charge in [0.2, 0.25) is 5.91 Å². The van der Waals surface area contributed by atoms with Crippen LogP contribution in [0.4, 0.5) is 0 Å². The number of nitrogens with zero attached hydrogens (tertiary/aromatic N) is 1. The van der Waals surface area contributed by atoms with Crippen molar-refractivity contribution in [3.8, 4) is 0 Å². The van der Waals surface area contributed by atoms with E-state index in [0.717, 1.165) is 18.9 Å². The third kappa shape index (κ3) is 3.29. The molecule has 3 heteroatoms. The zero-order valence-electron chi connectivity index (χ0n) is 13.3. The molecular weight excluding hydrogens is 260 g/mol. The van der Waals surface area contributed by atoms with Crippen LogP contribution in [0.15, 0.2) is 24.3 Å². The Hall–Kier alpha value is -1.35. The Balaban J connectivity index is 1.81. The lowest BCUT2D eigenvalue weighted by Crippen LogP contribution is -2.33. The van der Waals surface area contributed by atoms with Gasteiger partial charge >= 0.3 is 0 Å². The molecule has 114 valence electrons. The van der Waals surface area contributed by atoms with Crippen molar-refractivity contribution in [2.75, 3.05) is 6.54 Å². The Morgan fingerprint density at radius 3 is 2.48 bits per heavy atom. The molecule has 1 aliphatic carbocycles. The van der Waals surface area contributed by atoms with Gasteiger partial charge in [-0.2, -0.15) is 0 Å². The van der Waals surface area contributed by atoms with E-state index in [-0.39, 0.29) is 12.2 Å². The second-order valence-electron chi connectivity index (χ2n) is 7.10. The predicted octanol–water partition coefficient (Wildman–Crippen LogP) is 3.25. The number of nitrogens with one attached hydrogen (secondary N) is 1. The van der Waals surface area contributed by atoms with Crippen molar-refractivity contribution >= 4 is 5.91 Å². The molecule has 1 aromatic carbocycles. The van der Waals surface area contributed by atoms with Crippen LogP contribution in [0.3, 0.4) is 0 Å². The van der Waals surface area contributed by atoms with Gasteiger partial charge in [0.15, 0.2) is 0 Å². The molecule has 2 fully saturated rings. The van der Waals surface area contributed by atoms with E-state index in [1.54, 1.807) is 0 Å². The number of hydrogen-bond donors (Lipinski definition) is 1. The first-order valence-corrected chi connectivity index (χ1v) is 8.17. The molecule has 1 aromatic rings. The molecule has 3 nitrogen and oxygen atoms in total. The molecular formula is C18H26N2O. The summed E-state index contributed by atoms with van der Waals surface area (Å²) in [5.74, 6) is 1.55. The van der Waals surface area contributed by atoms with E-state index < -0.39 is 0 Å². The van der Waals surface area contributed by atoms with Gasteiger partial charge in [-0.25, -0.2) is 0 Å². The minimum absolute atomic E-state index is 0.0185. The van der Waals surface area contributed by atoms with Crippen molar-refractivity contribution < 1.29 is 4.79 Å². The maximum absolute atomic E-state index is 12.7. The normalized spacial score (nSPS) is 25.9. The van der Waals surface area contributed by atoms with Gasteiger partial charge in [-0.3, -0.25) is 10.1 Å². The van der Waals surface area contributed by atoms with Gasteiger partial charge in [-0.15, -0.1) is 0 Å². The van der Waals surface area contributed by atoms with Crippen LogP contribution in [0.25, 0.3) is 0 Å². The summed E-state index contributed by atoms with van der Waals surface area (Å²) in [5.41, 5.74) is 2.47. The highest BCUT2D eigenvalue weighted by atomic mass is 16.2. The minimum Gasteiger partial charge on any atom is -0.321 e. The summed E-state index contributed by atoms with van der Waals surface area (Å²) in [5, 5.41) is 3.57. The van der Waals surface area contributed by atoms with Gasteiger partial charge in [0.05, 0.1) is 6.04 Å². The molecule has 1 amide bonds. The zero-order chi connectivity index (χ0) is 15.0. The van der Waals surface area contributed by atoms with Crippen LogP contribution in [0.5, 0.6) is 0 Å². The molecule has 0 aromatic heterocycles. The summed E-state index contributed by atoms with van der Waals surface area (Å²) in [4.78, 5) is 14.8. The fraction of sp³-hybridized carbons (Fsp3) is 0.611. The van der Waals surface area contributed by atoms with Crippen LogP contribution in [0.1, 0.15) is 50.4 Å². The van der Waals surface area contributed by atoms with Crippen LogP contribution in [-0.4, -0.2) is 23.4 Å². The first-order chi connectivity index (χ1) is 10.0. The number of rotatable bonds is 5. The van der Waals surface area contributed by atoms with E-state index in [1.807, 2.05) is 0 Å². The third-order valence-electron chi connectivity index (χ3n) is 4.50. The fourth-order valence-electron chi connectivity index (χ4n) is 3.12. The van der Waals surface area contributed by atoms with Gasteiger partial charge in [0.25, 0.3) is 0 Å². The number of carbonyl (C=O) groups excluding carboxylic acids is 1. The number of hydrogen-bond acceptors (Lipinski definition) is 2. The highest BCUT2D eigenvalue weighted by Crippen LogP contribution is 2.35. The molecule has 0 spiro atoms. The lowest BCUT2D eigenvalue weighted by molar-refractivity contribution is -0.130. The molecule has 2 atom stereocenters. The highest BCUT2D eigenvalue weighted by Gasteiger charge is 2.41. The molecule has 1 aliphatic heterocycles. The van der Waals surface area contributed by atoms with Gasteiger partial charge in [-0.1, -0.05) is 43.7 Å². The zero-order valence-corrected chi connectivity index (χ0v) is 13.3. The number of amides is 1. The average Bonchev–Trinajstić information content (AvgIpc) is 3.20. The summed E-state index contributed by atoms with van der Waals surface area (Å²) in [6, 6.07) is 8.55. The summed E-state index contributed by atoms with van der Waals surface area (Å²) in [6.45, 7) is 7.37. The standard InChI is InChI=1S/C18H26N2O/c1-12(2)10-16-18(21)20(11-14-6-7-14)17(19-16)15-8-4-13(3)5-9-15/h4-5,8-9,12,14,16-17,19H,6-7,10-11H2,1-3H3. The second kappa shape index (κ2) is 5.80. The Labute approximate surface area is 127 Å². The maximum Gasteiger partial charge on any atom is 0.241 e. The van der Waals surface area contributed by atoms with Gasteiger partial charge in [0, 0.05) is 6.54 Å². The fourth-order valence-corrected chi connectivity index (χ4v) is 3.12. The van der Waals surface area contributed by atoms with Crippen molar-refractivity contribution in [3.05, 3.63) is 35.4 Å². The second-order valence-corrected chi connectivity index (χ2v) is 7.10. The Morgan fingerprint density at radius 2 is 1.90 bits per heavy atom. The Kier molecular flexibility index (Phi) is 4.03. The SMILES string of the molecule is Cc1ccc(C2NC(CC(C)C)C(=O)N2CC2CC2)cc1. The van der Waals surface area contributed by atoms with E-state index in [4.69, 9.17) is 0 Å². The average molecular weight is 286 g/mol. The summed E-state index contributed by atoms with van der Waals surface area (Å²) >= 11 is 0. The minimum atomic E-state index is -0.0185. The first kappa shape index (κ1) is 14.6. The largest absolute Gasteiger partial charge is 0.321 e. The van der Waals surface area contributed by atoms with Crippen molar-refractivity contribution in [2.45, 2.75) is 52.2 Å². The monoisotopic (exact) mass is 286 g/mol. The van der Waals surface area contributed by atoms with Crippen molar-refractivity contribution in [1.29, 1.82) is 0 Å². The first-order valence-electron chi connectivity index (χ1n) is 8.17. The Bertz CT molecular complexity index is 504. The van der Waals surface area contributed by atoms with Crippen molar-refractivity contribution in [3.63, 3.8) is 0 Å². The molecule has 1 saturated heterocycles. The van der Waals surface area contributed by atoms with Crippen molar-refractivity contribution in [2.24, 2.45) is 11.8 Å². The maximum atomic E-state index is 12.7. The van der Waals surface area contributed by atoms with E-state index in [2.05, 4.69) is 55.3 Å². The van der Waals surface area contributed by atoms with Crippen LogP contribution < -0.4 is 5.32 Å². The van der Waals surface area contributed by atoms with Crippen molar-refractivity contribution in [1.82, 2.24) is 10.2 Å². The van der Waals surface area contributed by atoms with Crippen LogP contribution in [0.2, 0.25) is 0 Å².